The Morgan fingerprint density at radius 1 is 1.07 bits per heavy atom. The lowest BCUT2D eigenvalue weighted by Gasteiger charge is -2.18. The molecule has 0 radical (unpaired) electrons. The molecule has 0 saturated carbocycles. The number of fused-ring (bicyclic) bond motifs is 1. The molecule has 0 unspecified atom stereocenters. The largest absolute Gasteiger partial charge is 0.280 e. The lowest BCUT2D eigenvalue weighted by Crippen LogP contribution is -2.28. The van der Waals surface area contributed by atoms with Crippen molar-refractivity contribution >= 4 is 38.7 Å². The van der Waals surface area contributed by atoms with Gasteiger partial charge in [-0.15, -0.1) is 0 Å². The summed E-state index contributed by atoms with van der Waals surface area (Å²) < 4.78 is 1.08. The van der Waals surface area contributed by atoms with E-state index >= 15 is 0 Å². The molecular formula is C24H21N3OS. The van der Waals surface area contributed by atoms with Crippen LogP contribution in [0.2, 0.25) is 0 Å². The van der Waals surface area contributed by atoms with Gasteiger partial charge in [0.05, 0.1) is 16.8 Å². The number of pyridine rings is 1. The van der Waals surface area contributed by atoms with E-state index in [1.807, 2.05) is 48.5 Å². The number of rotatable bonds is 5. The summed E-state index contributed by atoms with van der Waals surface area (Å²) in [6, 6.07) is 17.9. The second-order valence-corrected chi connectivity index (χ2v) is 7.94. The number of nitrogens with zero attached hydrogens (tertiary/aromatic N) is 3. The molecule has 2 heterocycles. The number of carbonyl (C=O) groups is 1. The van der Waals surface area contributed by atoms with Gasteiger partial charge in [-0.1, -0.05) is 47.7 Å². The van der Waals surface area contributed by atoms with Crippen LogP contribution in [-0.4, -0.2) is 15.9 Å². The Morgan fingerprint density at radius 3 is 2.62 bits per heavy atom. The van der Waals surface area contributed by atoms with Gasteiger partial charge in [0.2, 0.25) is 0 Å². The molecule has 0 atom stereocenters. The van der Waals surface area contributed by atoms with E-state index in [4.69, 9.17) is 4.98 Å². The molecule has 0 aliphatic rings. The van der Waals surface area contributed by atoms with Gasteiger partial charge in [-0.2, -0.15) is 0 Å². The molecule has 4 rings (SSSR count). The molecule has 4 nitrogen and oxygen atoms in total. The highest BCUT2D eigenvalue weighted by atomic mass is 32.1. The Bertz CT molecular complexity index is 1130. The minimum absolute atomic E-state index is 0.106. The number of aromatic nitrogens is 2. The highest BCUT2D eigenvalue weighted by Gasteiger charge is 2.19. The van der Waals surface area contributed by atoms with Gasteiger partial charge in [-0.05, 0) is 60.4 Å². The van der Waals surface area contributed by atoms with E-state index in [9.17, 15) is 4.79 Å². The molecule has 4 aromatic rings. The Labute approximate surface area is 174 Å². The summed E-state index contributed by atoms with van der Waals surface area (Å²) in [5, 5.41) is 0.691. The minimum atomic E-state index is -0.106. The number of anilines is 1. The first kappa shape index (κ1) is 19.0. The van der Waals surface area contributed by atoms with E-state index in [0.717, 1.165) is 21.3 Å². The van der Waals surface area contributed by atoms with Gasteiger partial charge in [0.1, 0.15) is 0 Å². The zero-order valence-electron chi connectivity index (χ0n) is 16.4. The van der Waals surface area contributed by atoms with Crippen molar-refractivity contribution in [2.45, 2.75) is 20.4 Å². The average Bonchev–Trinajstić information content (AvgIpc) is 3.14. The van der Waals surface area contributed by atoms with E-state index in [2.05, 4.69) is 31.0 Å². The number of hydrogen-bond donors (Lipinski definition) is 0. The standard InChI is InChI=1S/C24H21N3OS/c1-17-13-21-22(14-18(17)2)29-24(26-21)27(16-20-9-6-12-25-15-20)23(28)11-10-19-7-4-3-5-8-19/h3-15H,16H2,1-2H3. The van der Waals surface area contributed by atoms with Crippen LogP contribution in [0.3, 0.4) is 0 Å². The first-order valence-corrected chi connectivity index (χ1v) is 10.2. The van der Waals surface area contributed by atoms with Gasteiger partial charge in [-0.25, -0.2) is 4.98 Å². The van der Waals surface area contributed by atoms with Crippen LogP contribution in [0.4, 0.5) is 5.13 Å². The van der Waals surface area contributed by atoms with Crippen molar-refractivity contribution in [3.8, 4) is 0 Å². The second kappa shape index (κ2) is 8.37. The highest BCUT2D eigenvalue weighted by molar-refractivity contribution is 7.22. The van der Waals surface area contributed by atoms with Crippen molar-refractivity contribution in [3.63, 3.8) is 0 Å². The maximum Gasteiger partial charge on any atom is 0.253 e. The van der Waals surface area contributed by atoms with Crippen molar-refractivity contribution in [2.24, 2.45) is 0 Å². The van der Waals surface area contributed by atoms with Crippen LogP contribution in [0.25, 0.3) is 16.3 Å². The molecule has 0 bridgehead atoms. The molecule has 0 saturated heterocycles. The molecule has 29 heavy (non-hydrogen) atoms. The Kier molecular flexibility index (Phi) is 5.49. The molecule has 0 N–H and O–H groups in total. The fourth-order valence-corrected chi connectivity index (χ4v) is 4.07. The quantitative estimate of drug-likeness (QED) is 0.413. The normalized spacial score (nSPS) is 11.2. The minimum Gasteiger partial charge on any atom is -0.280 e. The van der Waals surface area contributed by atoms with Crippen LogP contribution in [0.5, 0.6) is 0 Å². The number of amides is 1. The predicted octanol–water partition coefficient (Wildman–Crippen LogP) is 5.55. The van der Waals surface area contributed by atoms with Gasteiger partial charge >= 0.3 is 0 Å². The van der Waals surface area contributed by atoms with Gasteiger partial charge in [0.15, 0.2) is 5.13 Å². The fourth-order valence-electron chi connectivity index (χ4n) is 3.02. The summed E-state index contributed by atoms with van der Waals surface area (Å²) in [6.45, 7) is 4.59. The highest BCUT2D eigenvalue weighted by Crippen LogP contribution is 2.31. The van der Waals surface area contributed by atoms with Crippen LogP contribution in [0.15, 0.2) is 73.1 Å². The van der Waals surface area contributed by atoms with Gasteiger partial charge < -0.3 is 0 Å². The first-order chi connectivity index (χ1) is 14.1. The lowest BCUT2D eigenvalue weighted by molar-refractivity contribution is -0.114. The molecule has 1 amide bonds. The first-order valence-electron chi connectivity index (χ1n) is 9.41. The van der Waals surface area contributed by atoms with E-state index < -0.39 is 0 Å². The van der Waals surface area contributed by atoms with Gasteiger partial charge in [0, 0.05) is 18.5 Å². The third kappa shape index (κ3) is 4.41. The van der Waals surface area contributed by atoms with E-state index in [1.54, 1.807) is 23.4 Å². The predicted molar refractivity (Wildman–Crippen MR) is 120 cm³/mol. The summed E-state index contributed by atoms with van der Waals surface area (Å²) in [4.78, 5) is 23.8. The lowest BCUT2D eigenvalue weighted by atomic mass is 10.1. The number of hydrogen-bond acceptors (Lipinski definition) is 4. The van der Waals surface area contributed by atoms with Crippen LogP contribution in [-0.2, 0) is 11.3 Å². The van der Waals surface area contributed by atoms with Crippen molar-refractivity contribution in [2.75, 3.05) is 4.90 Å². The van der Waals surface area contributed by atoms with Crippen LogP contribution in [0, 0.1) is 13.8 Å². The summed E-state index contributed by atoms with van der Waals surface area (Å²) in [6.07, 6.45) is 6.95. The third-order valence-electron chi connectivity index (χ3n) is 4.77. The molecule has 144 valence electrons. The van der Waals surface area contributed by atoms with Crippen LogP contribution < -0.4 is 4.90 Å². The zero-order chi connectivity index (χ0) is 20.2. The molecule has 5 heteroatoms. The summed E-state index contributed by atoms with van der Waals surface area (Å²) in [5.74, 6) is -0.106. The Balaban J connectivity index is 1.70. The van der Waals surface area contributed by atoms with Gasteiger partial charge in [0.25, 0.3) is 5.91 Å². The smallest absolute Gasteiger partial charge is 0.253 e. The molecule has 0 spiro atoms. The molecular weight excluding hydrogens is 378 g/mol. The van der Waals surface area contributed by atoms with Crippen LogP contribution in [0.1, 0.15) is 22.3 Å². The van der Waals surface area contributed by atoms with E-state index in [0.29, 0.717) is 11.7 Å². The molecule has 2 aromatic carbocycles. The fraction of sp³-hybridized carbons (Fsp3) is 0.125. The van der Waals surface area contributed by atoms with Crippen molar-refractivity contribution in [1.82, 2.24) is 9.97 Å². The van der Waals surface area contributed by atoms with E-state index in [1.165, 1.54) is 22.5 Å². The zero-order valence-corrected chi connectivity index (χ0v) is 17.2. The third-order valence-corrected chi connectivity index (χ3v) is 5.81. The molecule has 0 fully saturated rings. The summed E-state index contributed by atoms with van der Waals surface area (Å²) in [7, 11) is 0. The Morgan fingerprint density at radius 2 is 1.86 bits per heavy atom. The number of benzene rings is 2. The number of carbonyl (C=O) groups excluding carboxylic acids is 1. The van der Waals surface area contributed by atoms with Gasteiger partial charge in [-0.3, -0.25) is 14.7 Å². The summed E-state index contributed by atoms with van der Waals surface area (Å²) >= 11 is 1.54. The average molecular weight is 400 g/mol. The Hall–Kier alpha value is -3.31. The van der Waals surface area contributed by atoms with E-state index in [-0.39, 0.29) is 5.91 Å². The molecule has 2 aromatic heterocycles. The number of aryl methyl sites for hydroxylation is 2. The number of thiazole rings is 1. The SMILES string of the molecule is Cc1cc2nc(N(Cc3cccnc3)C(=O)C=Cc3ccccc3)sc2cc1C. The van der Waals surface area contributed by atoms with Crippen LogP contribution >= 0.6 is 11.3 Å². The maximum atomic E-state index is 13.1. The molecule has 0 aliphatic heterocycles. The maximum absolute atomic E-state index is 13.1. The van der Waals surface area contributed by atoms with Crippen molar-refractivity contribution in [1.29, 1.82) is 0 Å². The molecule has 0 aliphatic carbocycles. The summed E-state index contributed by atoms with van der Waals surface area (Å²) in [5.41, 5.74) is 5.28. The van der Waals surface area contributed by atoms with Crippen molar-refractivity contribution < 1.29 is 4.79 Å². The monoisotopic (exact) mass is 399 g/mol. The van der Waals surface area contributed by atoms with Crippen molar-refractivity contribution in [3.05, 3.63) is 95.3 Å². The second-order valence-electron chi connectivity index (χ2n) is 6.93. The topological polar surface area (TPSA) is 46.1 Å².